The lowest BCUT2D eigenvalue weighted by Gasteiger charge is -2.16. The molecule has 0 aromatic heterocycles. The van der Waals surface area contributed by atoms with Crippen LogP contribution in [0.2, 0.25) is 0 Å². The molecule has 0 amide bonds. The van der Waals surface area contributed by atoms with Crippen LogP contribution in [-0.2, 0) is 9.53 Å². The zero-order valence-corrected chi connectivity index (χ0v) is 8.21. The lowest BCUT2D eigenvalue weighted by Crippen LogP contribution is -2.20. The Balaban J connectivity index is 3.58. The zero-order valence-electron chi connectivity index (χ0n) is 6.06. The molecule has 0 aliphatic heterocycles. The van der Waals surface area contributed by atoms with Crippen molar-refractivity contribution in [2.24, 2.45) is 0 Å². The average molecular weight is 258 g/mol. The Bertz CT molecular complexity index is 117. The van der Waals surface area contributed by atoms with Gasteiger partial charge in [-0.2, -0.15) is 0 Å². The summed E-state index contributed by atoms with van der Waals surface area (Å²) in [5.41, 5.74) is 0. The predicted octanol–water partition coefficient (Wildman–Crippen LogP) is 1.08. The molecule has 4 heteroatoms. The molecular weight excluding hydrogens is 247 g/mol. The molecular formula is C6H11IO3. The molecule has 60 valence electrons. The Morgan fingerprint density at radius 1 is 1.70 bits per heavy atom. The quantitative estimate of drug-likeness (QED) is 0.468. The third kappa shape index (κ3) is 6.28. The molecule has 0 aromatic carbocycles. The second kappa shape index (κ2) is 4.12. The van der Waals surface area contributed by atoms with Gasteiger partial charge in [-0.05, 0) is 36.4 Å². The summed E-state index contributed by atoms with van der Waals surface area (Å²) >= 11 is 2.01. The smallest absolute Gasteiger partial charge is 0.309 e. The topological polar surface area (TPSA) is 46.5 Å². The van der Waals surface area contributed by atoms with Gasteiger partial charge in [0.05, 0.1) is 13.0 Å². The summed E-state index contributed by atoms with van der Waals surface area (Å²) in [6.45, 7) is 3.41. The fourth-order valence-corrected chi connectivity index (χ4v) is 0.659. The van der Waals surface area contributed by atoms with Gasteiger partial charge < -0.3 is 9.84 Å². The van der Waals surface area contributed by atoms with Crippen molar-refractivity contribution < 1.29 is 14.6 Å². The molecule has 0 fully saturated rings. The summed E-state index contributed by atoms with van der Waals surface area (Å²) in [5.74, 6) is -0.359. The molecule has 0 bridgehead atoms. The first kappa shape index (κ1) is 10.2. The molecule has 0 aliphatic rings. The Hall–Kier alpha value is 0.160. The first-order chi connectivity index (χ1) is 4.45. The van der Waals surface area contributed by atoms with Gasteiger partial charge in [-0.25, -0.2) is 0 Å². The van der Waals surface area contributed by atoms with Gasteiger partial charge in [0.1, 0.15) is 0 Å². The highest BCUT2D eigenvalue weighted by molar-refractivity contribution is 14.1. The number of aliphatic hydroxyl groups excluding tert-OH is 1. The van der Waals surface area contributed by atoms with Crippen molar-refractivity contribution in [3.8, 4) is 0 Å². The van der Waals surface area contributed by atoms with Crippen molar-refractivity contribution in [1.82, 2.24) is 0 Å². The zero-order chi connectivity index (χ0) is 8.20. The third-order valence-electron chi connectivity index (χ3n) is 0.672. The van der Waals surface area contributed by atoms with Crippen LogP contribution < -0.4 is 0 Å². The van der Waals surface area contributed by atoms with E-state index in [1.165, 1.54) is 0 Å². The summed E-state index contributed by atoms with van der Waals surface area (Å²) in [6.07, 6.45) is 0.0758. The van der Waals surface area contributed by atoms with Crippen LogP contribution in [0.25, 0.3) is 0 Å². The van der Waals surface area contributed by atoms with Gasteiger partial charge in [0.2, 0.25) is 0 Å². The molecule has 0 spiro atoms. The molecule has 0 aliphatic carbocycles. The van der Waals surface area contributed by atoms with Crippen molar-refractivity contribution in [3.63, 3.8) is 0 Å². The molecule has 0 heterocycles. The summed E-state index contributed by atoms with van der Waals surface area (Å²) in [5, 5.41) is 8.33. The summed E-state index contributed by atoms with van der Waals surface area (Å²) < 4.78 is 4.40. The Morgan fingerprint density at radius 3 is 2.50 bits per heavy atom. The maximum atomic E-state index is 10.7. The van der Waals surface area contributed by atoms with E-state index in [-0.39, 0.29) is 19.0 Å². The number of carbonyl (C=O) groups is 1. The number of ether oxygens (including phenoxy) is 1. The highest BCUT2D eigenvalue weighted by atomic mass is 127. The monoisotopic (exact) mass is 258 g/mol. The maximum absolute atomic E-state index is 10.7. The van der Waals surface area contributed by atoms with E-state index in [4.69, 9.17) is 9.84 Å². The number of alkyl halides is 1. The minimum Gasteiger partial charge on any atom is -0.449 e. The van der Waals surface area contributed by atoms with Crippen molar-refractivity contribution in [2.45, 2.75) is 23.9 Å². The van der Waals surface area contributed by atoms with Crippen LogP contribution in [0, 0.1) is 0 Å². The second-order valence-corrected chi connectivity index (χ2v) is 4.91. The molecule has 3 nitrogen and oxygen atoms in total. The molecule has 0 saturated carbocycles. The van der Waals surface area contributed by atoms with Crippen molar-refractivity contribution >= 4 is 28.6 Å². The minimum atomic E-state index is -0.468. The van der Waals surface area contributed by atoms with Crippen LogP contribution in [-0.4, -0.2) is 21.3 Å². The number of carbonyl (C=O) groups excluding carboxylic acids is 1. The minimum absolute atomic E-state index is 0.0758. The number of aliphatic hydroxyl groups is 1. The van der Waals surface area contributed by atoms with E-state index in [2.05, 4.69) is 0 Å². The van der Waals surface area contributed by atoms with Crippen LogP contribution in [0.3, 0.4) is 0 Å². The maximum Gasteiger partial charge on any atom is 0.309 e. The van der Waals surface area contributed by atoms with Crippen molar-refractivity contribution in [1.29, 1.82) is 0 Å². The number of esters is 1. The van der Waals surface area contributed by atoms with E-state index in [1.54, 1.807) is 13.8 Å². The Morgan fingerprint density at radius 2 is 2.20 bits per heavy atom. The molecule has 0 atom stereocenters. The second-order valence-electron chi connectivity index (χ2n) is 2.31. The van der Waals surface area contributed by atoms with Gasteiger partial charge >= 0.3 is 5.97 Å². The fraction of sp³-hybridized carbons (Fsp3) is 0.833. The lowest BCUT2D eigenvalue weighted by molar-refractivity contribution is -0.149. The number of hydrogen-bond acceptors (Lipinski definition) is 3. The molecule has 1 N–H and O–H groups in total. The van der Waals surface area contributed by atoms with E-state index in [0.29, 0.717) is 0 Å². The third-order valence-corrected chi connectivity index (χ3v) is 0.893. The normalized spacial score (nSPS) is 11.2. The van der Waals surface area contributed by atoms with Gasteiger partial charge in [-0.1, -0.05) is 0 Å². The highest BCUT2D eigenvalue weighted by Gasteiger charge is 2.16. The predicted molar refractivity (Wildman–Crippen MR) is 45.9 cm³/mol. The number of halogens is 1. The SMILES string of the molecule is CC(C)(I)OC(=O)CCO. The van der Waals surface area contributed by atoms with E-state index < -0.39 is 3.61 Å². The molecule has 0 unspecified atom stereocenters. The Kier molecular flexibility index (Phi) is 4.19. The summed E-state index contributed by atoms with van der Waals surface area (Å²) in [4.78, 5) is 10.7. The standard InChI is InChI=1S/C6H11IO3/c1-6(2,7)10-5(9)3-4-8/h8H,3-4H2,1-2H3. The molecule has 0 radical (unpaired) electrons. The summed E-state index contributed by atoms with van der Waals surface area (Å²) in [6, 6.07) is 0. The highest BCUT2D eigenvalue weighted by Crippen LogP contribution is 2.18. The van der Waals surface area contributed by atoms with Crippen molar-refractivity contribution in [2.75, 3.05) is 6.61 Å². The van der Waals surface area contributed by atoms with Crippen LogP contribution in [0.15, 0.2) is 0 Å². The van der Waals surface area contributed by atoms with Crippen LogP contribution in [0.5, 0.6) is 0 Å². The molecule has 0 saturated heterocycles. The first-order valence-corrected chi connectivity index (χ1v) is 4.05. The largest absolute Gasteiger partial charge is 0.449 e. The van der Waals surface area contributed by atoms with E-state index in [9.17, 15) is 4.79 Å². The van der Waals surface area contributed by atoms with Crippen LogP contribution in [0.4, 0.5) is 0 Å². The number of hydrogen-bond donors (Lipinski definition) is 1. The van der Waals surface area contributed by atoms with Gasteiger partial charge in [-0.15, -0.1) is 0 Å². The first-order valence-electron chi connectivity index (χ1n) is 2.97. The van der Waals surface area contributed by atoms with Gasteiger partial charge in [0.15, 0.2) is 3.61 Å². The molecule has 0 rings (SSSR count). The molecule has 10 heavy (non-hydrogen) atoms. The summed E-state index contributed by atoms with van der Waals surface area (Å²) in [7, 11) is 0. The molecule has 0 aromatic rings. The Labute approximate surface area is 73.9 Å². The average Bonchev–Trinajstić information content (AvgIpc) is 1.59. The van der Waals surface area contributed by atoms with Crippen LogP contribution in [0.1, 0.15) is 20.3 Å². The van der Waals surface area contributed by atoms with Gasteiger partial charge in [0, 0.05) is 0 Å². The van der Waals surface area contributed by atoms with E-state index >= 15 is 0 Å². The van der Waals surface area contributed by atoms with Crippen molar-refractivity contribution in [3.05, 3.63) is 0 Å². The van der Waals surface area contributed by atoms with E-state index in [1.807, 2.05) is 22.6 Å². The van der Waals surface area contributed by atoms with Crippen LogP contribution >= 0.6 is 22.6 Å². The van der Waals surface area contributed by atoms with Gasteiger partial charge in [-0.3, -0.25) is 4.79 Å². The number of rotatable bonds is 3. The van der Waals surface area contributed by atoms with Gasteiger partial charge in [0.25, 0.3) is 0 Å². The fourth-order valence-electron chi connectivity index (χ4n) is 0.413. The lowest BCUT2D eigenvalue weighted by atomic mass is 10.4. The van der Waals surface area contributed by atoms with E-state index in [0.717, 1.165) is 0 Å².